The minimum absolute atomic E-state index is 0.798. The Bertz CT molecular complexity index is 241. The Morgan fingerprint density at radius 2 is 2.50 bits per heavy atom. The Labute approximate surface area is 63.5 Å². The molecule has 2 aliphatic heterocycles. The van der Waals surface area contributed by atoms with Crippen molar-refractivity contribution in [3.8, 4) is 0 Å². The summed E-state index contributed by atoms with van der Waals surface area (Å²) in [7, 11) is 0. The number of allylic oxidation sites excluding steroid dienone is 2. The first-order valence-electron chi connectivity index (χ1n) is 2.93. The average Bonchev–Trinajstić information content (AvgIpc) is 2.33. The highest BCUT2D eigenvalue weighted by Gasteiger charge is 2.13. The van der Waals surface area contributed by atoms with Crippen molar-refractivity contribution in [1.82, 2.24) is 9.03 Å². The van der Waals surface area contributed by atoms with Crippen molar-refractivity contribution >= 4 is 12.1 Å². The van der Waals surface area contributed by atoms with Crippen LogP contribution in [-0.4, -0.2) is 4.31 Å². The van der Waals surface area contributed by atoms with Gasteiger partial charge in [-0.25, -0.2) is 0 Å². The van der Waals surface area contributed by atoms with Crippen molar-refractivity contribution in [2.45, 2.75) is 0 Å². The molecule has 2 aliphatic rings. The van der Waals surface area contributed by atoms with Crippen LogP contribution in [0.4, 0.5) is 0 Å². The van der Waals surface area contributed by atoms with Crippen LogP contribution >= 0.6 is 12.1 Å². The molecule has 10 heavy (non-hydrogen) atoms. The van der Waals surface area contributed by atoms with Gasteiger partial charge in [-0.05, 0) is 12.2 Å². The van der Waals surface area contributed by atoms with Gasteiger partial charge in [-0.15, -0.1) is 0 Å². The lowest BCUT2D eigenvalue weighted by Gasteiger charge is -2.14. The molecule has 0 amide bonds. The van der Waals surface area contributed by atoms with Crippen molar-refractivity contribution in [2.75, 3.05) is 0 Å². The van der Waals surface area contributed by atoms with E-state index < -0.39 is 0 Å². The molecule has 0 aliphatic carbocycles. The maximum absolute atomic E-state index is 5.56. The van der Waals surface area contributed by atoms with Gasteiger partial charge in [0.05, 0.1) is 17.8 Å². The van der Waals surface area contributed by atoms with Crippen LogP contribution in [-0.2, 0) is 0 Å². The molecule has 2 heterocycles. The molecule has 0 atom stereocenters. The second-order valence-corrected chi connectivity index (χ2v) is 2.88. The van der Waals surface area contributed by atoms with Gasteiger partial charge in [0.1, 0.15) is 0 Å². The third-order valence-electron chi connectivity index (χ3n) is 1.33. The van der Waals surface area contributed by atoms with Crippen LogP contribution in [0, 0.1) is 0 Å². The highest BCUT2D eigenvalue weighted by atomic mass is 32.2. The van der Waals surface area contributed by atoms with E-state index in [-0.39, 0.29) is 0 Å². The van der Waals surface area contributed by atoms with Crippen molar-refractivity contribution in [2.24, 2.45) is 5.73 Å². The zero-order chi connectivity index (χ0) is 6.97. The maximum atomic E-state index is 5.56. The summed E-state index contributed by atoms with van der Waals surface area (Å²) < 4.78 is 5.02. The van der Waals surface area contributed by atoms with Crippen LogP contribution in [0.3, 0.4) is 0 Å². The lowest BCUT2D eigenvalue weighted by Crippen LogP contribution is -2.09. The zero-order valence-corrected chi connectivity index (χ0v) is 6.06. The van der Waals surface area contributed by atoms with E-state index in [9.17, 15) is 0 Å². The summed E-state index contributed by atoms with van der Waals surface area (Å²) in [5, 5.41) is 0. The van der Waals surface area contributed by atoms with E-state index >= 15 is 0 Å². The molecule has 0 saturated heterocycles. The molecular weight excluding hydrogens is 146 g/mol. The Balaban J connectivity index is 2.34. The van der Waals surface area contributed by atoms with Gasteiger partial charge in [-0.2, -0.15) is 0 Å². The summed E-state index contributed by atoms with van der Waals surface area (Å²) in [6.07, 6.45) is 7.65. The van der Waals surface area contributed by atoms with Gasteiger partial charge in [0.15, 0.2) is 0 Å². The van der Waals surface area contributed by atoms with Gasteiger partial charge >= 0.3 is 0 Å². The van der Waals surface area contributed by atoms with Gasteiger partial charge in [0.2, 0.25) is 0 Å². The first kappa shape index (κ1) is 5.73. The lowest BCUT2D eigenvalue weighted by atomic mass is 10.3. The van der Waals surface area contributed by atoms with Gasteiger partial charge in [-0.3, -0.25) is 4.31 Å². The Morgan fingerprint density at radius 3 is 3.40 bits per heavy atom. The molecule has 4 heteroatoms. The summed E-state index contributed by atoms with van der Waals surface area (Å²) >= 11 is 1.53. The monoisotopic (exact) mass is 153 g/mol. The fourth-order valence-electron chi connectivity index (χ4n) is 0.854. The largest absolute Gasteiger partial charge is 0.399 e. The lowest BCUT2D eigenvalue weighted by molar-refractivity contribution is 0.799. The molecular formula is C6H7N3S. The fourth-order valence-corrected chi connectivity index (χ4v) is 1.47. The molecule has 3 N–H and O–H groups in total. The van der Waals surface area contributed by atoms with Crippen molar-refractivity contribution in [3.05, 3.63) is 35.9 Å². The predicted molar refractivity (Wildman–Crippen MR) is 42.1 cm³/mol. The van der Waals surface area contributed by atoms with Crippen LogP contribution in [0.15, 0.2) is 35.9 Å². The SMILES string of the molecule is NC1=CC2=CNSN2C=C1. The van der Waals surface area contributed by atoms with E-state index in [4.69, 9.17) is 5.73 Å². The van der Waals surface area contributed by atoms with Crippen molar-refractivity contribution in [3.63, 3.8) is 0 Å². The van der Waals surface area contributed by atoms with E-state index in [2.05, 4.69) is 4.72 Å². The van der Waals surface area contributed by atoms with Crippen LogP contribution in [0.2, 0.25) is 0 Å². The maximum Gasteiger partial charge on any atom is 0.0726 e. The molecule has 0 radical (unpaired) electrons. The molecule has 0 spiro atoms. The Kier molecular flexibility index (Phi) is 1.14. The number of nitrogens with zero attached hydrogens (tertiary/aromatic N) is 1. The number of hydrogen-bond acceptors (Lipinski definition) is 4. The fraction of sp³-hybridized carbons (Fsp3) is 0. The van der Waals surface area contributed by atoms with Crippen molar-refractivity contribution in [1.29, 1.82) is 0 Å². The number of rotatable bonds is 0. The minimum Gasteiger partial charge on any atom is -0.399 e. The molecule has 0 aromatic heterocycles. The standard InChI is InChI=1S/C6H7N3S/c7-5-1-2-9-6(3-5)4-8-10-9/h1-4,8H,7H2. The first-order chi connectivity index (χ1) is 4.86. The molecule has 2 rings (SSSR count). The molecule has 52 valence electrons. The quantitative estimate of drug-likeness (QED) is 0.502. The van der Waals surface area contributed by atoms with Gasteiger partial charge in [-0.1, -0.05) is 0 Å². The van der Waals surface area contributed by atoms with E-state index in [1.807, 2.05) is 28.9 Å². The van der Waals surface area contributed by atoms with Gasteiger partial charge < -0.3 is 10.5 Å². The van der Waals surface area contributed by atoms with Crippen LogP contribution < -0.4 is 10.5 Å². The van der Waals surface area contributed by atoms with E-state index in [1.165, 1.54) is 12.1 Å². The molecule has 0 fully saturated rings. The molecule has 0 aromatic rings. The molecule has 0 bridgehead atoms. The smallest absolute Gasteiger partial charge is 0.0726 e. The highest BCUT2D eigenvalue weighted by molar-refractivity contribution is 7.95. The van der Waals surface area contributed by atoms with Crippen LogP contribution in [0.5, 0.6) is 0 Å². The average molecular weight is 153 g/mol. The van der Waals surface area contributed by atoms with E-state index in [0.29, 0.717) is 0 Å². The first-order valence-corrected chi connectivity index (χ1v) is 3.71. The number of nitrogens with one attached hydrogen (secondary N) is 1. The van der Waals surface area contributed by atoms with Crippen LogP contribution in [0.25, 0.3) is 0 Å². The molecule has 3 nitrogen and oxygen atoms in total. The predicted octanol–water partition coefficient (Wildman–Crippen LogP) is 0.666. The summed E-state index contributed by atoms with van der Waals surface area (Å²) in [6.45, 7) is 0. The third-order valence-corrected chi connectivity index (χ3v) is 2.08. The summed E-state index contributed by atoms with van der Waals surface area (Å²) in [4.78, 5) is 0. The van der Waals surface area contributed by atoms with Crippen LogP contribution in [0.1, 0.15) is 0 Å². The minimum atomic E-state index is 0.798. The normalized spacial score (nSPS) is 21.4. The second-order valence-electron chi connectivity index (χ2n) is 2.06. The Morgan fingerprint density at radius 1 is 1.60 bits per heavy atom. The van der Waals surface area contributed by atoms with Gasteiger partial charge in [0.25, 0.3) is 0 Å². The van der Waals surface area contributed by atoms with E-state index in [1.54, 1.807) is 0 Å². The molecule has 0 aromatic carbocycles. The zero-order valence-electron chi connectivity index (χ0n) is 5.24. The third kappa shape index (κ3) is 0.769. The van der Waals surface area contributed by atoms with Crippen molar-refractivity contribution < 1.29 is 0 Å². The number of nitrogens with two attached hydrogens (primary N) is 1. The van der Waals surface area contributed by atoms with E-state index in [0.717, 1.165) is 11.4 Å². The Hall–Kier alpha value is -1.03. The summed E-state index contributed by atoms with van der Waals surface area (Å²) in [6, 6.07) is 0. The highest BCUT2D eigenvalue weighted by Crippen LogP contribution is 2.25. The molecule has 0 unspecified atom stereocenters. The summed E-state index contributed by atoms with van der Waals surface area (Å²) in [5.41, 5.74) is 7.46. The number of hydrogen-bond donors (Lipinski definition) is 2. The molecule has 0 saturated carbocycles. The topological polar surface area (TPSA) is 41.3 Å². The summed E-state index contributed by atoms with van der Waals surface area (Å²) in [5.74, 6) is 0. The number of fused-ring (bicyclic) bond motifs is 1. The second kappa shape index (κ2) is 1.98. The van der Waals surface area contributed by atoms with Gasteiger partial charge in [0, 0.05) is 18.1 Å².